The molecular weight excluding hydrogens is 331 g/mol. The molecule has 104 valence electrons. The van der Waals surface area contributed by atoms with Crippen molar-refractivity contribution >= 4 is 22.6 Å². The van der Waals surface area contributed by atoms with E-state index in [9.17, 15) is 0 Å². The van der Waals surface area contributed by atoms with Crippen LogP contribution in [0, 0.1) is 0 Å². The molecule has 0 atom stereocenters. The first kappa shape index (κ1) is 17.9. The van der Waals surface area contributed by atoms with E-state index in [2.05, 4.69) is 95.3 Å². The topological polar surface area (TPSA) is 0 Å². The van der Waals surface area contributed by atoms with E-state index in [1.165, 1.54) is 24.0 Å². The lowest BCUT2D eigenvalue weighted by Gasteiger charge is -2.25. The van der Waals surface area contributed by atoms with Crippen molar-refractivity contribution in [3.05, 3.63) is 35.4 Å². The van der Waals surface area contributed by atoms with Crippen LogP contribution in [-0.2, 0) is 8.84 Å². The van der Waals surface area contributed by atoms with Gasteiger partial charge in [-0.15, -0.1) is 0 Å². The van der Waals surface area contributed by atoms with Crippen molar-refractivity contribution in [1.82, 2.24) is 0 Å². The van der Waals surface area contributed by atoms with Gasteiger partial charge in [0.2, 0.25) is 0 Å². The van der Waals surface area contributed by atoms with E-state index in [1.807, 2.05) is 0 Å². The van der Waals surface area contributed by atoms with Gasteiger partial charge in [-0.2, -0.15) is 0 Å². The van der Waals surface area contributed by atoms with Crippen molar-refractivity contribution in [2.45, 2.75) is 70.1 Å². The fourth-order valence-corrected chi connectivity index (χ4v) is 1.88. The van der Waals surface area contributed by atoms with Gasteiger partial charge in [0, 0.05) is 3.42 Å². The lowest BCUT2D eigenvalue weighted by atomic mass is 9.81. The molecule has 1 aromatic carbocycles. The summed E-state index contributed by atoms with van der Waals surface area (Å²) >= 11 is 2.48. The predicted molar refractivity (Wildman–Crippen MR) is 92.8 cm³/mol. The first-order chi connectivity index (χ1) is 8.19. The Morgan fingerprint density at radius 1 is 0.833 bits per heavy atom. The Balaban J connectivity index is 0.000000873. The Labute approximate surface area is 128 Å². The zero-order chi connectivity index (χ0) is 14.4. The van der Waals surface area contributed by atoms with Crippen LogP contribution in [0.5, 0.6) is 0 Å². The largest absolute Gasteiger partial charge is 0.0743 e. The van der Waals surface area contributed by atoms with Gasteiger partial charge in [0.05, 0.1) is 0 Å². The van der Waals surface area contributed by atoms with Crippen LogP contribution < -0.4 is 0 Å². The molecule has 0 aliphatic rings. The van der Waals surface area contributed by atoms with Crippen LogP contribution in [0.15, 0.2) is 24.3 Å². The van der Waals surface area contributed by atoms with Crippen LogP contribution in [0.4, 0.5) is 0 Å². The van der Waals surface area contributed by atoms with Crippen LogP contribution >= 0.6 is 22.6 Å². The lowest BCUT2D eigenvalue weighted by molar-refractivity contribution is 0.506. The predicted octanol–water partition coefficient (Wildman–Crippen LogP) is 6.46. The van der Waals surface area contributed by atoms with Crippen molar-refractivity contribution in [1.29, 1.82) is 0 Å². The second-order valence-electron chi connectivity index (χ2n) is 5.99. The summed E-state index contributed by atoms with van der Waals surface area (Å²) in [5.74, 6) is 0. The van der Waals surface area contributed by atoms with Gasteiger partial charge < -0.3 is 0 Å². The molecule has 0 amide bonds. The Bertz CT molecular complexity index is 328. The molecule has 0 unspecified atom stereocenters. The second-order valence-corrected chi connectivity index (χ2v) is 8.69. The fourth-order valence-electron chi connectivity index (χ4n) is 1.52. The van der Waals surface area contributed by atoms with E-state index in [0.29, 0.717) is 5.41 Å². The van der Waals surface area contributed by atoms with E-state index < -0.39 is 0 Å². The molecule has 0 aromatic heterocycles. The minimum Gasteiger partial charge on any atom is -0.0743 e. The molecule has 0 N–H and O–H groups in total. The van der Waals surface area contributed by atoms with Crippen LogP contribution in [0.25, 0.3) is 0 Å². The molecule has 18 heavy (non-hydrogen) atoms. The number of rotatable bonds is 3. The van der Waals surface area contributed by atoms with Crippen molar-refractivity contribution in [3.8, 4) is 0 Å². The molecule has 0 heterocycles. The SMILES string of the molecule is CCC.CCC(C)(C)c1ccc(C(C)(C)I)cc1. The second kappa shape index (κ2) is 7.52. The Morgan fingerprint density at radius 2 is 1.17 bits per heavy atom. The maximum absolute atomic E-state index is 2.48. The van der Waals surface area contributed by atoms with Gasteiger partial charge in [0.15, 0.2) is 0 Å². The normalized spacial score (nSPS) is 11.8. The Hall–Kier alpha value is -0.0500. The molecule has 0 bridgehead atoms. The highest BCUT2D eigenvalue weighted by atomic mass is 127. The zero-order valence-electron chi connectivity index (χ0n) is 13.1. The highest BCUT2D eigenvalue weighted by Gasteiger charge is 2.20. The lowest BCUT2D eigenvalue weighted by Crippen LogP contribution is -2.16. The third-order valence-electron chi connectivity index (χ3n) is 3.24. The summed E-state index contributed by atoms with van der Waals surface area (Å²) < 4.78 is 0.229. The number of hydrogen-bond donors (Lipinski definition) is 0. The monoisotopic (exact) mass is 360 g/mol. The van der Waals surface area contributed by atoms with Crippen molar-refractivity contribution < 1.29 is 0 Å². The average Bonchev–Trinajstić information content (AvgIpc) is 2.29. The molecule has 0 nitrogen and oxygen atoms in total. The quantitative estimate of drug-likeness (QED) is 0.429. The molecule has 0 radical (unpaired) electrons. The summed E-state index contributed by atoms with van der Waals surface area (Å²) in [5, 5.41) is 0. The molecule has 1 rings (SSSR count). The van der Waals surface area contributed by atoms with Crippen LogP contribution in [0.2, 0.25) is 0 Å². The maximum Gasteiger partial charge on any atom is 0.0414 e. The molecule has 0 fully saturated rings. The third kappa shape index (κ3) is 5.73. The van der Waals surface area contributed by atoms with E-state index in [0.717, 1.165) is 0 Å². The van der Waals surface area contributed by atoms with Gasteiger partial charge in [-0.1, -0.05) is 87.9 Å². The summed E-state index contributed by atoms with van der Waals surface area (Å²) in [5.41, 5.74) is 3.14. The maximum atomic E-state index is 2.48. The standard InChI is InChI=1S/C14H21I.C3H8/c1-6-13(2,3)11-7-9-12(10-8-11)14(4,5)15;1-3-2/h7-10H,6H2,1-5H3;3H2,1-2H3. The molecule has 0 spiro atoms. The minimum atomic E-state index is 0.229. The highest BCUT2D eigenvalue weighted by molar-refractivity contribution is 14.1. The molecule has 1 aromatic rings. The minimum absolute atomic E-state index is 0.229. The molecule has 0 saturated heterocycles. The van der Waals surface area contributed by atoms with Gasteiger partial charge in [-0.25, -0.2) is 0 Å². The number of alkyl halides is 1. The summed E-state index contributed by atoms with van der Waals surface area (Å²) in [6, 6.07) is 9.08. The highest BCUT2D eigenvalue weighted by Crippen LogP contribution is 2.33. The molecule has 0 aliphatic carbocycles. The Morgan fingerprint density at radius 3 is 1.44 bits per heavy atom. The third-order valence-corrected chi connectivity index (χ3v) is 3.86. The Kier molecular flexibility index (Phi) is 7.50. The summed E-state index contributed by atoms with van der Waals surface area (Å²) in [6.45, 7) is 15.6. The van der Waals surface area contributed by atoms with E-state index in [4.69, 9.17) is 0 Å². The van der Waals surface area contributed by atoms with E-state index in [-0.39, 0.29) is 3.42 Å². The van der Waals surface area contributed by atoms with Gasteiger partial charge >= 0.3 is 0 Å². The number of halogens is 1. The summed E-state index contributed by atoms with van der Waals surface area (Å²) in [6.07, 6.45) is 2.43. The van der Waals surface area contributed by atoms with Crippen molar-refractivity contribution in [2.24, 2.45) is 0 Å². The van der Waals surface area contributed by atoms with Crippen molar-refractivity contribution in [3.63, 3.8) is 0 Å². The van der Waals surface area contributed by atoms with Crippen molar-refractivity contribution in [2.75, 3.05) is 0 Å². The number of benzene rings is 1. The molecule has 1 heteroatoms. The first-order valence-electron chi connectivity index (χ1n) is 6.99. The smallest absolute Gasteiger partial charge is 0.0414 e. The van der Waals surface area contributed by atoms with E-state index in [1.54, 1.807) is 0 Å². The van der Waals surface area contributed by atoms with E-state index >= 15 is 0 Å². The molecular formula is C17H29I. The van der Waals surface area contributed by atoms with Gasteiger partial charge in [0.1, 0.15) is 0 Å². The molecule has 0 saturated carbocycles. The fraction of sp³-hybridized carbons (Fsp3) is 0.647. The average molecular weight is 360 g/mol. The van der Waals surface area contributed by atoms with Gasteiger partial charge in [-0.3, -0.25) is 0 Å². The van der Waals surface area contributed by atoms with Gasteiger partial charge in [0.25, 0.3) is 0 Å². The van der Waals surface area contributed by atoms with Crippen LogP contribution in [-0.4, -0.2) is 0 Å². The zero-order valence-corrected chi connectivity index (χ0v) is 15.3. The molecule has 0 aliphatic heterocycles. The number of hydrogen-bond acceptors (Lipinski definition) is 0. The van der Waals surface area contributed by atoms with Crippen LogP contribution in [0.3, 0.4) is 0 Å². The summed E-state index contributed by atoms with van der Waals surface area (Å²) in [7, 11) is 0. The van der Waals surface area contributed by atoms with Gasteiger partial charge in [-0.05, 0) is 36.8 Å². The van der Waals surface area contributed by atoms with Crippen LogP contribution in [0.1, 0.15) is 72.4 Å². The first-order valence-corrected chi connectivity index (χ1v) is 8.06. The summed E-state index contributed by atoms with van der Waals surface area (Å²) in [4.78, 5) is 0.